The first-order valence-electron chi connectivity index (χ1n) is 6.12. The maximum absolute atomic E-state index is 13.8. The summed E-state index contributed by atoms with van der Waals surface area (Å²) in [4.78, 5) is 12.3. The molecule has 1 heterocycles. The van der Waals surface area contributed by atoms with Gasteiger partial charge in [-0.25, -0.2) is 4.39 Å². The highest BCUT2D eigenvalue weighted by molar-refractivity contribution is 6.31. The smallest absolute Gasteiger partial charge is 0.232 e. The lowest BCUT2D eigenvalue weighted by atomic mass is 9.79. The molecule has 1 aromatic carbocycles. The van der Waals surface area contributed by atoms with Gasteiger partial charge in [-0.15, -0.1) is 0 Å². The summed E-state index contributed by atoms with van der Waals surface area (Å²) < 4.78 is 19.0. The molecule has 3 N–H and O–H groups in total. The number of benzene rings is 1. The van der Waals surface area contributed by atoms with Crippen LogP contribution in [0.25, 0.3) is 0 Å². The minimum Gasteiger partial charge on any atom is -0.381 e. The predicted octanol–water partition coefficient (Wildman–Crippen LogP) is 2.17. The second-order valence-electron chi connectivity index (χ2n) is 4.65. The van der Waals surface area contributed by atoms with Crippen molar-refractivity contribution in [2.24, 2.45) is 11.1 Å². The van der Waals surface area contributed by atoms with Crippen LogP contribution in [0.3, 0.4) is 0 Å². The molecule has 0 aliphatic carbocycles. The van der Waals surface area contributed by atoms with Gasteiger partial charge in [-0.05, 0) is 25.0 Å². The molecule has 19 heavy (non-hydrogen) atoms. The standard InChI is InChI=1S/C13H16ClFN2O2/c14-9-2-1-3-10(11(9)15)17-12(18)13(8-16)4-6-19-7-5-13/h1-3H,4-8,16H2,(H,17,18). The number of halogens is 2. The zero-order valence-electron chi connectivity index (χ0n) is 10.4. The minimum absolute atomic E-state index is 0.0217. The summed E-state index contributed by atoms with van der Waals surface area (Å²) in [6.07, 6.45) is 1.08. The number of hydrogen-bond donors (Lipinski definition) is 2. The number of hydrogen-bond acceptors (Lipinski definition) is 3. The highest BCUT2D eigenvalue weighted by atomic mass is 35.5. The first kappa shape index (κ1) is 14.2. The molecular formula is C13H16ClFN2O2. The number of ether oxygens (including phenoxy) is 1. The molecule has 4 nitrogen and oxygen atoms in total. The first-order valence-corrected chi connectivity index (χ1v) is 6.50. The Balaban J connectivity index is 2.17. The molecule has 6 heteroatoms. The van der Waals surface area contributed by atoms with Gasteiger partial charge in [0.25, 0.3) is 0 Å². The number of carbonyl (C=O) groups is 1. The van der Waals surface area contributed by atoms with E-state index in [9.17, 15) is 9.18 Å². The van der Waals surface area contributed by atoms with Crippen molar-refractivity contribution in [1.82, 2.24) is 0 Å². The van der Waals surface area contributed by atoms with E-state index in [2.05, 4.69) is 5.32 Å². The summed E-state index contributed by atoms with van der Waals surface area (Å²) in [5.41, 5.74) is 5.12. The fourth-order valence-electron chi connectivity index (χ4n) is 2.14. The second-order valence-corrected chi connectivity index (χ2v) is 5.06. The number of rotatable bonds is 3. The number of nitrogens with one attached hydrogen (secondary N) is 1. The maximum Gasteiger partial charge on any atom is 0.232 e. The van der Waals surface area contributed by atoms with E-state index in [1.807, 2.05) is 0 Å². The predicted molar refractivity (Wildman–Crippen MR) is 71.6 cm³/mol. The lowest BCUT2D eigenvalue weighted by molar-refractivity contribution is -0.130. The fourth-order valence-corrected chi connectivity index (χ4v) is 2.32. The van der Waals surface area contributed by atoms with Crippen molar-refractivity contribution in [2.45, 2.75) is 12.8 Å². The van der Waals surface area contributed by atoms with E-state index in [1.54, 1.807) is 6.07 Å². The van der Waals surface area contributed by atoms with Crippen molar-refractivity contribution in [2.75, 3.05) is 25.1 Å². The highest BCUT2D eigenvalue weighted by Gasteiger charge is 2.39. The van der Waals surface area contributed by atoms with Crippen LogP contribution in [0.4, 0.5) is 10.1 Å². The number of carbonyl (C=O) groups excluding carboxylic acids is 1. The van der Waals surface area contributed by atoms with E-state index >= 15 is 0 Å². The third-order valence-corrected chi connectivity index (χ3v) is 3.81. The SMILES string of the molecule is NCC1(C(=O)Nc2cccc(Cl)c2F)CCOCC1. The third-order valence-electron chi connectivity index (χ3n) is 3.52. The van der Waals surface area contributed by atoms with Gasteiger partial charge in [0.2, 0.25) is 5.91 Å². The number of anilines is 1. The lowest BCUT2D eigenvalue weighted by Crippen LogP contribution is -2.46. The third kappa shape index (κ3) is 2.88. The normalized spacial score (nSPS) is 18.1. The van der Waals surface area contributed by atoms with Gasteiger partial charge >= 0.3 is 0 Å². The van der Waals surface area contributed by atoms with Crippen molar-refractivity contribution >= 4 is 23.2 Å². The largest absolute Gasteiger partial charge is 0.381 e. The Morgan fingerprint density at radius 3 is 2.79 bits per heavy atom. The molecular weight excluding hydrogens is 271 g/mol. The Kier molecular flexibility index (Phi) is 4.39. The van der Waals surface area contributed by atoms with Gasteiger partial charge < -0.3 is 15.8 Å². The molecule has 1 saturated heterocycles. The molecule has 104 valence electrons. The van der Waals surface area contributed by atoms with Crippen molar-refractivity contribution in [3.05, 3.63) is 29.0 Å². The van der Waals surface area contributed by atoms with Crippen LogP contribution in [0, 0.1) is 11.2 Å². The lowest BCUT2D eigenvalue weighted by Gasteiger charge is -2.34. The van der Waals surface area contributed by atoms with E-state index in [1.165, 1.54) is 12.1 Å². The molecule has 2 rings (SSSR count). The monoisotopic (exact) mass is 286 g/mol. The van der Waals surface area contributed by atoms with Crippen LogP contribution in [0.5, 0.6) is 0 Å². The average molecular weight is 287 g/mol. The Morgan fingerprint density at radius 2 is 2.16 bits per heavy atom. The number of nitrogens with two attached hydrogens (primary N) is 1. The van der Waals surface area contributed by atoms with Gasteiger partial charge in [-0.1, -0.05) is 17.7 Å². The van der Waals surface area contributed by atoms with Crippen molar-refractivity contribution in [3.63, 3.8) is 0 Å². The van der Waals surface area contributed by atoms with Crippen LogP contribution >= 0.6 is 11.6 Å². The molecule has 1 aromatic rings. The quantitative estimate of drug-likeness (QED) is 0.895. The van der Waals surface area contributed by atoms with E-state index in [0.29, 0.717) is 26.1 Å². The van der Waals surface area contributed by atoms with E-state index < -0.39 is 11.2 Å². The van der Waals surface area contributed by atoms with E-state index in [4.69, 9.17) is 22.1 Å². The molecule has 0 aromatic heterocycles. The van der Waals surface area contributed by atoms with Crippen LogP contribution in [0.1, 0.15) is 12.8 Å². The van der Waals surface area contributed by atoms with Crippen molar-refractivity contribution < 1.29 is 13.9 Å². The molecule has 0 unspecified atom stereocenters. The topological polar surface area (TPSA) is 64.4 Å². The molecule has 0 atom stereocenters. The summed E-state index contributed by atoms with van der Waals surface area (Å²) in [5, 5.41) is 2.56. The molecule has 0 bridgehead atoms. The zero-order chi connectivity index (χ0) is 13.9. The first-order chi connectivity index (χ1) is 9.09. The molecule has 1 fully saturated rings. The van der Waals surface area contributed by atoms with Crippen molar-refractivity contribution in [1.29, 1.82) is 0 Å². The minimum atomic E-state index is -0.687. The summed E-state index contributed by atoms with van der Waals surface area (Å²) in [6.45, 7) is 1.19. The Hall–Kier alpha value is -1.17. The molecule has 0 spiro atoms. The van der Waals surface area contributed by atoms with Crippen LogP contribution in [-0.2, 0) is 9.53 Å². The summed E-state index contributed by atoms with van der Waals surface area (Å²) in [6, 6.07) is 4.49. The highest BCUT2D eigenvalue weighted by Crippen LogP contribution is 2.32. The van der Waals surface area contributed by atoms with Crippen LogP contribution < -0.4 is 11.1 Å². The summed E-state index contributed by atoms with van der Waals surface area (Å²) in [7, 11) is 0. The zero-order valence-corrected chi connectivity index (χ0v) is 11.2. The van der Waals surface area contributed by atoms with Gasteiger partial charge in [0.05, 0.1) is 16.1 Å². The summed E-state index contributed by atoms with van der Waals surface area (Å²) in [5.74, 6) is -0.906. The van der Waals surface area contributed by atoms with Crippen LogP contribution in [-0.4, -0.2) is 25.7 Å². The van der Waals surface area contributed by atoms with Gasteiger partial charge in [0.15, 0.2) is 5.82 Å². The second kappa shape index (κ2) is 5.86. The van der Waals surface area contributed by atoms with Crippen molar-refractivity contribution in [3.8, 4) is 0 Å². The number of amides is 1. The Labute approximate surface area is 116 Å². The van der Waals surface area contributed by atoms with Gasteiger partial charge in [-0.3, -0.25) is 4.79 Å². The van der Waals surface area contributed by atoms with Crippen LogP contribution in [0.15, 0.2) is 18.2 Å². The van der Waals surface area contributed by atoms with Gasteiger partial charge in [0, 0.05) is 19.8 Å². The molecule has 0 radical (unpaired) electrons. The molecule has 1 aliphatic rings. The Bertz CT molecular complexity index is 476. The van der Waals surface area contributed by atoms with Gasteiger partial charge in [0.1, 0.15) is 0 Å². The molecule has 0 saturated carbocycles. The fraction of sp³-hybridized carbons (Fsp3) is 0.462. The average Bonchev–Trinajstić information content (AvgIpc) is 2.44. The maximum atomic E-state index is 13.8. The van der Waals surface area contributed by atoms with Crippen LogP contribution in [0.2, 0.25) is 5.02 Å². The van der Waals surface area contributed by atoms with Gasteiger partial charge in [-0.2, -0.15) is 0 Å². The molecule has 1 amide bonds. The summed E-state index contributed by atoms with van der Waals surface area (Å²) >= 11 is 5.68. The van der Waals surface area contributed by atoms with E-state index in [0.717, 1.165) is 0 Å². The molecule has 1 aliphatic heterocycles. The Morgan fingerprint density at radius 1 is 1.47 bits per heavy atom. The van der Waals surface area contributed by atoms with E-state index in [-0.39, 0.29) is 23.2 Å².